The molecule has 7 nitrogen and oxygen atoms in total. The average molecular weight is 280 g/mol. The van der Waals surface area contributed by atoms with E-state index in [4.69, 9.17) is 0 Å². The zero-order valence-corrected chi connectivity index (χ0v) is 10.9. The van der Waals surface area contributed by atoms with Crippen LogP contribution in [-0.4, -0.2) is 40.3 Å². The van der Waals surface area contributed by atoms with E-state index in [1.54, 1.807) is 4.90 Å². The lowest BCUT2D eigenvalue weighted by molar-refractivity contribution is -0.384. The fourth-order valence-electron chi connectivity index (χ4n) is 2.56. The van der Waals surface area contributed by atoms with Crippen molar-refractivity contribution in [1.82, 2.24) is 0 Å². The summed E-state index contributed by atoms with van der Waals surface area (Å²) in [7, 11) is 0. The van der Waals surface area contributed by atoms with Gasteiger partial charge in [0.1, 0.15) is 0 Å². The van der Waals surface area contributed by atoms with Crippen molar-refractivity contribution in [2.45, 2.75) is 25.3 Å². The smallest absolute Gasteiger partial charge is 0.337 e. The number of aromatic carboxylic acids is 1. The van der Waals surface area contributed by atoms with Crippen LogP contribution in [0.4, 0.5) is 11.4 Å². The number of nitrogens with zero attached hydrogens (tertiary/aromatic N) is 2. The summed E-state index contributed by atoms with van der Waals surface area (Å²) in [6, 6.07) is 3.52. The maximum Gasteiger partial charge on any atom is 0.337 e. The molecule has 1 aliphatic heterocycles. The van der Waals surface area contributed by atoms with Crippen molar-refractivity contribution in [2.75, 3.05) is 18.1 Å². The van der Waals surface area contributed by atoms with Crippen molar-refractivity contribution in [1.29, 1.82) is 0 Å². The molecule has 1 aromatic carbocycles. The Morgan fingerprint density at radius 2 is 2.20 bits per heavy atom. The number of hydrogen-bond acceptors (Lipinski definition) is 5. The van der Waals surface area contributed by atoms with E-state index in [0.717, 1.165) is 19.3 Å². The van der Waals surface area contributed by atoms with Crippen LogP contribution in [-0.2, 0) is 0 Å². The fourth-order valence-corrected chi connectivity index (χ4v) is 2.56. The maximum absolute atomic E-state index is 11.3. The molecular formula is C13H16N2O5. The van der Waals surface area contributed by atoms with Gasteiger partial charge in [0, 0.05) is 18.7 Å². The second kappa shape index (κ2) is 5.87. The Kier molecular flexibility index (Phi) is 4.19. The van der Waals surface area contributed by atoms with Gasteiger partial charge in [-0.05, 0) is 25.3 Å². The quantitative estimate of drug-likeness (QED) is 0.642. The summed E-state index contributed by atoms with van der Waals surface area (Å²) in [6.07, 6.45) is 2.58. The standard InChI is InChI=1S/C13H16N2O5/c16-8-10-3-1-2-6-14(10)12-7-9(15(19)20)4-5-11(12)13(17)18/h4-5,7,10,16H,1-3,6,8H2,(H,17,18). The van der Waals surface area contributed by atoms with Crippen molar-refractivity contribution in [2.24, 2.45) is 0 Å². The Morgan fingerprint density at radius 1 is 1.45 bits per heavy atom. The van der Waals surface area contributed by atoms with Gasteiger partial charge in [-0.2, -0.15) is 0 Å². The molecule has 7 heteroatoms. The monoisotopic (exact) mass is 280 g/mol. The topological polar surface area (TPSA) is 104 Å². The normalized spacial score (nSPS) is 18.9. The summed E-state index contributed by atoms with van der Waals surface area (Å²) in [5.41, 5.74) is 0.189. The molecule has 0 aromatic heterocycles. The third-order valence-corrected chi connectivity index (χ3v) is 3.57. The molecule has 1 heterocycles. The number of nitro benzene ring substituents is 1. The number of benzene rings is 1. The van der Waals surface area contributed by atoms with Gasteiger partial charge in [-0.25, -0.2) is 4.79 Å². The van der Waals surface area contributed by atoms with E-state index in [2.05, 4.69) is 0 Å². The molecule has 1 aromatic rings. The predicted molar refractivity (Wildman–Crippen MR) is 72.1 cm³/mol. The van der Waals surface area contributed by atoms with Gasteiger partial charge in [-0.15, -0.1) is 0 Å². The van der Waals surface area contributed by atoms with Crippen LogP contribution >= 0.6 is 0 Å². The van der Waals surface area contributed by atoms with E-state index < -0.39 is 10.9 Å². The van der Waals surface area contributed by atoms with Crippen molar-refractivity contribution in [3.05, 3.63) is 33.9 Å². The van der Waals surface area contributed by atoms with Crippen molar-refractivity contribution < 1.29 is 19.9 Å². The first-order chi connectivity index (χ1) is 9.54. The van der Waals surface area contributed by atoms with Crippen LogP contribution in [0.2, 0.25) is 0 Å². The number of carboxylic acid groups (broad SMARTS) is 1. The molecule has 0 saturated carbocycles. The first-order valence-corrected chi connectivity index (χ1v) is 6.44. The summed E-state index contributed by atoms with van der Waals surface area (Å²) in [4.78, 5) is 23.4. The highest BCUT2D eigenvalue weighted by atomic mass is 16.6. The highest BCUT2D eigenvalue weighted by Crippen LogP contribution is 2.31. The molecule has 1 atom stereocenters. The molecule has 20 heavy (non-hydrogen) atoms. The molecule has 0 radical (unpaired) electrons. The van der Waals surface area contributed by atoms with Gasteiger partial charge in [0.15, 0.2) is 0 Å². The highest BCUT2D eigenvalue weighted by molar-refractivity contribution is 5.95. The number of non-ortho nitro benzene ring substituents is 1. The maximum atomic E-state index is 11.3. The van der Waals surface area contributed by atoms with E-state index in [9.17, 15) is 25.1 Å². The number of rotatable bonds is 4. The third-order valence-electron chi connectivity index (χ3n) is 3.57. The summed E-state index contributed by atoms with van der Waals surface area (Å²) < 4.78 is 0. The summed E-state index contributed by atoms with van der Waals surface area (Å²) >= 11 is 0. The first-order valence-electron chi connectivity index (χ1n) is 6.44. The molecule has 1 unspecified atom stereocenters. The minimum atomic E-state index is -1.13. The molecule has 2 rings (SSSR count). The molecular weight excluding hydrogens is 264 g/mol. The second-order valence-corrected chi connectivity index (χ2v) is 4.79. The number of nitro groups is 1. The number of aliphatic hydroxyl groups excluding tert-OH is 1. The van der Waals surface area contributed by atoms with Crippen molar-refractivity contribution >= 4 is 17.3 Å². The van der Waals surface area contributed by atoms with E-state index in [0.29, 0.717) is 12.2 Å². The van der Waals surface area contributed by atoms with Crippen LogP contribution in [0.15, 0.2) is 18.2 Å². The minimum absolute atomic E-state index is 0.0240. The number of anilines is 1. The van der Waals surface area contributed by atoms with Gasteiger partial charge in [0.25, 0.3) is 5.69 Å². The van der Waals surface area contributed by atoms with Crippen LogP contribution in [0.1, 0.15) is 29.6 Å². The van der Waals surface area contributed by atoms with Gasteiger partial charge in [0.05, 0.1) is 28.8 Å². The summed E-state index contributed by atoms with van der Waals surface area (Å²) in [5, 5.41) is 29.5. The second-order valence-electron chi connectivity index (χ2n) is 4.79. The van der Waals surface area contributed by atoms with Gasteiger partial charge < -0.3 is 15.1 Å². The van der Waals surface area contributed by atoms with Gasteiger partial charge in [0.2, 0.25) is 0 Å². The minimum Gasteiger partial charge on any atom is -0.478 e. The molecule has 2 N–H and O–H groups in total. The van der Waals surface area contributed by atoms with Crippen molar-refractivity contribution in [3.63, 3.8) is 0 Å². The lowest BCUT2D eigenvalue weighted by atomic mass is 10.00. The van der Waals surface area contributed by atoms with Crippen LogP contribution in [0.25, 0.3) is 0 Å². The van der Waals surface area contributed by atoms with E-state index in [1.165, 1.54) is 18.2 Å². The molecule has 0 bridgehead atoms. The Balaban J connectivity index is 2.47. The van der Waals surface area contributed by atoms with E-state index in [1.807, 2.05) is 0 Å². The molecule has 1 fully saturated rings. The number of carbonyl (C=O) groups is 1. The SMILES string of the molecule is O=C(O)c1ccc([N+](=O)[O-])cc1N1CCCCC1CO. The van der Waals surface area contributed by atoms with E-state index in [-0.39, 0.29) is 23.9 Å². The first kappa shape index (κ1) is 14.3. The summed E-state index contributed by atoms with van der Waals surface area (Å²) in [5.74, 6) is -1.13. The molecule has 0 spiro atoms. The zero-order valence-electron chi connectivity index (χ0n) is 10.9. The molecule has 0 amide bonds. The Bertz CT molecular complexity index is 531. The van der Waals surface area contributed by atoms with Gasteiger partial charge in [-0.1, -0.05) is 0 Å². The van der Waals surface area contributed by atoms with Crippen LogP contribution in [0, 0.1) is 10.1 Å². The Morgan fingerprint density at radius 3 is 2.80 bits per heavy atom. The largest absolute Gasteiger partial charge is 0.478 e. The lowest BCUT2D eigenvalue weighted by Gasteiger charge is -2.37. The number of piperidine rings is 1. The van der Waals surface area contributed by atoms with Crippen LogP contribution in [0.3, 0.4) is 0 Å². The molecule has 1 saturated heterocycles. The van der Waals surface area contributed by atoms with Gasteiger partial charge >= 0.3 is 5.97 Å². The predicted octanol–water partition coefficient (Wildman–Crippen LogP) is 1.64. The third kappa shape index (κ3) is 2.72. The molecule has 0 aliphatic carbocycles. The number of carboxylic acids is 1. The average Bonchev–Trinajstić information content (AvgIpc) is 2.46. The Hall–Kier alpha value is -2.15. The fraction of sp³-hybridized carbons (Fsp3) is 0.462. The highest BCUT2D eigenvalue weighted by Gasteiger charge is 2.27. The number of aliphatic hydroxyl groups is 1. The van der Waals surface area contributed by atoms with Crippen LogP contribution in [0.5, 0.6) is 0 Å². The Labute approximate surface area is 115 Å². The number of hydrogen-bond donors (Lipinski definition) is 2. The zero-order chi connectivity index (χ0) is 14.7. The van der Waals surface area contributed by atoms with E-state index >= 15 is 0 Å². The summed E-state index contributed by atoms with van der Waals surface area (Å²) in [6.45, 7) is 0.494. The lowest BCUT2D eigenvalue weighted by Crippen LogP contribution is -2.42. The van der Waals surface area contributed by atoms with Gasteiger partial charge in [-0.3, -0.25) is 10.1 Å². The van der Waals surface area contributed by atoms with Crippen LogP contribution < -0.4 is 4.90 Å². The molecule has 1 aliphatic rings. The molecule has 108 valence electrons. The van der Waals surface area contributed by atoms with Crippen molar-refractivity contribution in [3.8, 4) is 0 Å².